The second-order valence-electron chi connectivity index (χ2n) is 10.2. The highest BCUT2D eigenvalue weighted by atomic mass is 16.4. The van der Waals surface area contributed by atoms with Crippen molar-refractivity contribution in [1.82, 2.24) is 0 Å². The van der Waals surface area contributed by atoms with Crippen molar-refractivity contribution >= 4 is 11.8 Å². The second-order valence-corrected chi connectivity index (χ2v) is 10.2. The van der Waals surface area contributed by atoms with Crippen LogP contribution in [0.3, 0.4) is 0 Å². The Kier molecular flexibility index (Phi) is 2.17. The van der Waals surface area contributed by atoms with E-state index in [2.05, 4.69) is 0 Å². The third kappa shape index (κ3) is 1.09. The van der Waals surface area contributed by atoms with Crippen molar-refractivity contribution in [3.05, 3.63) is 0 Å². The van der Waals surface area contributed by atoms with Crippen LogP contribution in [0.5, 0.6) is 0 Å². The van der Waals surface area contributed by atoms with Gasteiger partial charge in [-0.2, -0.15) is 0 Å². The Morgan fingerprint density at radius 2 is 1.44 bits per heavy atom. The first-order valence-electron chi connectivity index (χ1n) is 10.1. The number of aliphatic hydroxyl groups is 2. The van der Waals surface area contributed by atoms with Gasteiger partial charge in [-0.25, -0.2) is 0 Å². The number of aliphatic carboxylic acids is 1. The number of carboxylic acid groups (broad SMARTS) is 1. The van der Waals surface area contributed by atoms with E-state index in [0.29, 0.717) is 23.7 Å². The number of ketones is 1. The van der Waals surface area contributed by atoms with Gasteiger partial charge in [0.1, 0.15) is 5.41 Å². The zero-order valence-electron chi connectivity index (χ0n) is 14.0. The summed E-state index contributed by atoms with van der Waals surface area (Å²) in [7, 11) is 0. The number of carboxylic acids is 1. The van der Waals surface area contributed by atoms with Gasteiger partial charge in [-0.15, -0.1) is 0 Å². The molecule has 3 N–H and O–H groups in total. The maximum atomic E-state index is 13.6. The smallest absolute Gasteiger partial charge is 0.317 e. The fourth-order valence-electron chi connectivity index (χ4n) is 10.6. The van der Waals surface area contributed by atoms with Crippen LogP contribution in [-0.4, -0.2) is 39.3 Å². The summed E-state index contributed by atoms with van der Waals surface area (Å²) in [5.41, 5.74) is -1.25. The maximum absolute atomic E-state index is 13.6. The van der Waals surface area contributed by atoms with Gasteiger partial charge in [-0.3, -0.25) is 9.59 Å². The summed E-state index contributed by atoms with van der Waals surface area (Å²) in [4.78, 5) is 26.3. The summed E-state index contributed by atoms with van der Waals surface area (Å²) in [5, 5.41) is 31.7. The summed E-state index contributed by atoms with van der Waals surface area (Å²) < 4.78 is 0. The van der Waals surface area contributed by atoms with Gasteiger partial charge in [0, 0.05) is 5.92 Å². The minimum atomic E-state index is -1.25. The third-order valence-electron chi connectivity index (χ3n) is 10.4. The molecule has 0 saturated heterocycles. The van der Waals surface area contributed by atoms with Crippen molar-refractivity contribution < 1.29 is 24.9 Å². The van der Waals surface area contributed by atoms with Gasteiger partial charge in [0.05, 0.1) is 12.2 Å². The molecule has 8 saturated carbocycles. The Balaban J connectivity index is 1.51. The number of hydrogen-bond acceptors (Lipinski definition) is 4. The SMILES string of the molecule is O=C(O)[C@@]12C(=O)[C@H]3[C@@H]4[C@H]([C@@H]5[C@H]3[C@@H]3CC[C@H](O)[C@H]3[C@H]51)[C@@H]2[C@H]1CC[C@H](O)[C@@H]14. The molecule has 8 aliphatic rings. The van der Waals surface area contributed by atoms with E-state index in [-0.39, 0.29) is 53.3 Å². The molecule has 0 radical (unpaired) electrons. The van der Waals surface area contributed by atoms with Gasteiger partial charge in [0.2, 0.25) is 0 Å². The number of hydrogen-bond donors (Lipinski definition) is 3. The van der Waals surface area contributed by atoms with Crippen molar-refractivity contribution in [2.75, 3.05) is 0 Å². The molecule has 0 amide bonds. The minimum Gasteiger partial charge on any atom is -0.480 e. The van der Waals surface area contributed by atoms with Gasteiger partial charge >= 0.3 is 5.97 Å². The second kappa shape index (κ2) is 3.84. The van der Waals surface area contributed by atoms with E-state index >= 15 is 0 Å². The number of carbonyl (C=O) groups is 2. The predicted molar refractivity (Wildman–Crippen MR) is 83.9 cm³/mol. The summed E-state index contributed by atoms with van der Waals surface area (Å²) in [5.74, 6) is 0.596. The van der Waals surface area contributed by atoms with Crippen molar-refractivity contribution in [3.8, 4) is 0 Å². The molecule has 5 heteroatoms. The van der Waals surface area contributed by atoms with Gasteiger partial charge in [0.25, 0.3) is 0 Å². The first-order valence-corrected chi connectivity index (χ1v) is 10.1. The molecule has 0 heterocycles. The molecule has 0 aromatic rings. The predicted octanol–water partition coefficient (Wildman–Crippen LogP) is 0.782. The lowest BCUT2D eigenvalue weighted by molar-refractivity contribution is -0.170. The third-order valence-corrected chi connectivity index (χ3v) is 10.4. The molecular weight excluding hydrogens is 320 g/mol. The Morgan fingerprint density at radius 1 is 0.800 bits per heavy atom. The summed E-state index contributed by atoms with van der Waals surface area (Å²) >= 11 is 0. The lowest BCUT2D eigenvalue weighted by Gasteiger charge is -2.43. The molecule has 0 unspecified atom stereocenters. The molecule has 8 bridgehead atoms. The fourth-order valence-corrected chi connectivity index (χ4v) is 10.6. The molecule has 0 spiro atoms. The van der Waals surface area contributed by atoms with Crippen molar-refractivity contribution in [2.24, 2.45) is 70.5 Å². The van der Waals surface area contributed by atoms with Crippen molar-refractivity contribution in [2.45, 2.75) is 37.9 Å². The first kappa shape index (κ1) is 14.2. The van der Waals surface area contributed by atoms with Crippen LogP contribution in [0.15, 0.2) is 0 Å². The van der Waals surface area contributed by atoms with E-state index in [1.807, 2.05) is 0 Å². The molecular formula is C20H24O5. The van der Waals surface area contributed by atoms with E-state index in [4.69, 9.17) is 0 Å². The topological polar surface area (TPSA) is 94.8 Å². The lowest BCUT2D eigenvalue weighted by Crippen LogP contribution is -2.56. The first-order chi connectivity index (χ1) is 12.0. The fraction of sp³-hybridized carbons (Fsp3) is 0.900. The number of carbonyl (C=O) groups excluding carboxylic acids is 1. The van der Waals surface area contributed by atoms with E-state index in [9.17, 15) is 24.9 Å². The van der Waals surface area contributed by atoms with Crippen LogP contribution in [-0.2, 0) is 9.59 Å². The molecule has 134 valence electrons. The van der Waals surface area contributed by atoms with Gasteiger partial charge < -0.3 is 15.3 Å². The number of rotatable bonds is 1. The Morgan fingerprint density at radius 3 is 2.16 bits per heavy atom. The van der Waals surface area contributed by atoms with Crippen LogP contribution in [0.2, 0.25) is 0 Å². The van der Waals surface area contributed by atoms with Crippen molar-refractivity contribution in [1.29, 1.82) is 0 Å². The van der Waals surface area contributed by atoms with Crippen LogP contribution in [0.4, 0.5) is 0 Å². The molecule has 8 rings (SSSR count). The highest BCUT2D eigenvalue weighted by Crippen LogP contribution is 2.86. The zero-order chi connectivity index (χ0) is 17.0. The quantitative estimate of drug-likeness (QED) is 0.611. The standard InChI is InChI=1S/C20H24O5/c21-7-4-2-6-9(7)12-14-13-11-5-1-3-8(22)10(5)17(13)20(16(6)14,19(24)25)18(23)15(11)12/h5-17,21-22H,1-4H2,(H,24,25)/t5-,6+,7+,8+,9-,10+,11-,12+,13+,14-,15-,16+,17-,20-/m1/s1. The molecule has 8 aliphatic carbocycles. The molecule has 0 aliphatic heterocycles. The zero-order valence-corrected chi connectivity index (χ0v) is 14.0. The highest BCUT2D eigenvalue weighted by molar-refractivity contribution is 6.08. The Labute approximate surface area is 145 Å². The van der Waals surface area contributed by atoms with Crippen LogP contribution < -0.4 is 0 Å². The van der Waals surface area contributed by atoms with Gasteiger partial charge in [0.15, 0.2) is 5.78 Å². The summed E-state index contributed by atoms with van der Waals surface area (Å²) in [6.07, 6.45) is 2.58. The van der Waals surface area contributed by atoms with E-state index in [1.54, 1.807) is 0 Å². The molecule has 25 heavy (non-hydrogen) atoms. The largest absolute Gasteiger partial charge is 0.480 e. The number of aliphatic hydroxyl groups excluding tert-OH is 2. The Hall–Kier alpha value is -0.940. The lowest BCUT2D eigenvalue weighted by atomic mass is 9.56. The van der Waals surface area contributed by atoms with Gasteiger partial charge in [-0.1, -0.05) is 0 Å². The number of Topliss-reactive ketones (excluding diaryl/α,β-unsaturated/α-hetero) is 1. The summed E-state index contributed by atoms with van der Waals surface area (Å²) in [6.45, 7) is 0. The van der Waals surface area contributed by atoms with Crippen molar-refractivity contribution in [3.63, 3.8) is 0 Å². The van der Waals surface area contributed by atoms with E-state index in [1.165, 1.54) is 0 Å². The highest BCUT2D eigenvalue weighted by Gasteiger charge is 2.90. The summed E-state index contributed by atoms with van der Waals surface area (Å²) in [6, 6.07) is 0. The van der Waals surface area contributed by atoms with Crippen LogP contribution >= 0.6 is 0 Å². The maximum Gasteiger partial charge on any atom is 0.317 e. The molecule has 5 nitrogen and oxygen atoms in total. The normalized spacial score (nSPS) is 70.3. The average molecular weight is 344 g/mol. The van der Waals surface area contributed by atoms with Gasteiger partial charge in [-0.05, 0) is 84.9 Å². The minimum absolute atomic E-state index is 0.00167. The van der Waals surface area contributed by atoms with E-state index in [0.717, 1.165) is 25.7 Å². The Bertz CT molecular complexity index is 734. The van der Waals surface area contributed by atoms with Crippen LogP contribution in [0, 0.1) is 70.5 Å². The van der Waals surface area contributed by atoms with E-state index < -0.39 is 17.5 Å². The molecule has 0 aromatic heterocycles. The molecule has 8 fully saturated rings. The average Bonchev–Trinajstić information content (AvgIpc) is 3.29. The van der Waals surface area contributed by atoms with Crippen LogP contribution in [0.1, 0.15) is 25.7 Å². The monoisotopic (exact) mass is 344 g/mol. The molecule has 14 atom stereocenters. The van der Waals surface area contributed by atoms with Crippen LogP contribution in [0.25, 0.3) is 0 Å². The number of fused-ring (bicyclic) bond motifs is 2. The molecule has 0 aromatic carbocycles.